The Morgan fingerprint density at radius 3 is 2.44 bits per heavy atom. The van der Waals surface area contributed by atoms with Crippen LogP contribution in [0.4, 0.5) is 0 Å². The molecule has 1 aromatic carbocycles. The lowest BCUT2D eigenvalue weighted by atomic mass is 10.0. The van der Waals surface area contributed by atoms with Crippen LogP contribution in [0.1, 0.15) is 31.2 Å². The van der Waals surface area contributed by atoms with Crippen LogP contribution in [0.15, 0.2) is 29.2 Å². The van der Waals surface area contributed by atoms with Gasteiger partial charge in [-0.3, -0.25) is 0 Å². The van der Waals surface area contributed by atoms with E-state index in [9.17, 15) is 8.42 Å². The van der Waals surface area contributed by atoms with Gasteiger partial charge in [-0.2, -0.15) is 0 Å². The van der Waals surface area contributed by atoms with Crippen molar-refractivity contribution in [3.05, 3.63) is 29.8 Å². The van der Waals surface area contributed by atoms with Crippen molar-refractivity contribution in [3.63, 3.8) is 0 Å². The van der Waals surface area contributed by atoms with Gasteiger partial charge in [0, 0.05) is 6.04 Å². The normalized spacial score (nSPS) is 24.3. The van der Waals surface area contributed by atoms with Gasteiger partial charge in [0.25, 0.3) is 0 Å². The van der Waals surface area contributed by atoms with Crippen molar-refractivity contribution in [1.29, 1.82) is 0 Å². The molecule has 0 spiro atoms. The van der Waals surface area contributed by atoms with Crippen molar-refractivity contribution in [2.75, 3.05) is 5.75 Å². The second-order valence-electron chi connectivity index (χ2n) is 5.28. The van der Waals surface area contributed by atoms with Crippen LogP contribution in [0.25, 0.3) is 0 Å². The smallest absolute Gasteiger partial charge is 0.178 e. The molecule has 2 unspecified atom stereocenters. The van der Waals surface area contributed by atoms with Crippen LogP contribution in [0.3, 0.4) is 0 Å². The lowest BCUT2D eigenvalue weighted by Gasteiger charge is -2.15. The summed E-state index contributed by atoms with van der Waals surface area (Å²) in [5.41, 5.74) is 7.05. The van der Waals surface area contributed by atoms with E-state index in [4.69, 9.17) is 5.73 Å². The Morgan fingerprint density at radius 1 is 1.22 bits per heavy atom. The van der Waals surface area contributed by atoms with E-state index in [0.717, 1.165) is 24.8 Å². The van der Waals surface area contributed by atoms with Crippen LogP contribution >= 0.6 is 0 Å². The van der Waals surface area contributed by atoms with Crippen LogP contribution in [0, 0.1) is 12.8 Å². The predicted octanol–water partition coefficient (Wildman–Crippen LogP) is 2.29. The minimum Gasteiger partial charge on any atom is -0.327 e. The minimum absolute atomic E-state index is 0.193. The van der Waals surface area contributed by atoms with E-state index in [-0.39, 0.29) is 11.8 Å². The fraction of sp³-hybridized carbons (Fsp3) is 0.571. The van der Waals surface area contributed by atoms with Gasteiger partial charge in [0.15, 0.2) is 9.84 Å². The molecule has 0 bridgehead atoms. The van der Waals surface area contributed by atoms with Gasteiger partial charge in [0.05, 0.1) is 10.6 Å². The van der Waals surface area contributed by atoms with Crippen molar-refractivity contribution in [3.8, 4) is 0 Å². The molecule has 0 amide bonds. The Kier molecular flexibility index (Phi) is 4.07. The Hall–Kier alpha value is -0.870. The summed E-state index contributed by atoms with van der Waals surface area (Å²) in [6.45, 7) is 1.95. The minimum atomic E-state index is -3.14. The molecule has 3 nitrogen and oxygen atoms in total. The maximum Gasteiger partial charge on any atom is 0.178 e. The molecule has 2 N–H and O–H groups in total. The van der Waals surface area contributed by atoms with Gasteiger partial charge in [-0.1, -0.05) is 24.1 Å². The lowest BCUT2D eigenvalue weighted by Crippen LogP contribution is -2.26. The molecule has 1 aromatic rings. The molecule has 4 heteroatoms. The molecule has 18 heavy (non-hydrogen) atoms. The van der Waals surface area contributed by atoms with Crippen molar-refractivity contribution < 1.29 is 8.42 Å². The molecule has 0 radical (unpaired) electrons. The first kappa shape index (κ1) is 13.6. The summed E-state index contributed by atoms with van der Waals surface area (Å²) in [7, 11) is -3.14. The average molecular weight is 267 g/mol. The number of hydrogen-bond acceptors (Lipinski definition) is 3. The van der Waals surface area contributed by atoms with Crippen molar-refractivity contribution in [1.82, 2.24) is 0 Å². The Bertz CT molecular complexity index is 493. The molecule has 0 saturated heterocycles. The first-order chi connectivity index (χ1) is 8.49. The Morgan fingerprint density at radius 2 is 1.89 bits per heavy atom. The SMILES string of the molecule is Cc1ccc(S(=O)(=O)CCC2CCCC2N)cc1. The first-order valence-corrected chi connectivity index (χ1v) is 8.19. The van der Waals surface area contributed by atoms with Gasteiger partial charge >= 0.3 is 0 Å². The fourth-order valence-electron chi connectivity index (χ4n) is 2.59. The number of benzene rings is 1. The van der Waals surface area contributed by atoms with Crippen LogP contribution in [-0.2, 0) is 9.84 Å². The third kappa shape index (κ3) is 3.12. The summed E-state index contributed by atoms with van der Waals surface area (Å²) in [6.07, 6.45) is 3.94. The van der Waals surface area contributed by atoms with Crippen molar-refractivity contribution in [2.45, 2.75) is 43.5 Å². The zero-order valence-corrected chi connectivity index (χ0v) is 11.6. The molecular weight excluding hydrogens is 246 g/mol. The summed E-state index contributed by atoms with van der Waals surface area (Å²) in [4.78, 5) is 0.430. The molecule has 2 atom stereocenters. The second-order valence-corrected chi connectivity index (χ2v) is 7.38. The van der Waals surface area contributed by atoms with E-state index in [0.29, 0.717) is 17.2 Å². The van der Waals surface area contributed by atoms with Crippen molar-refractivity contribution in [2.24, 2.45) is 11.7 Å². The lowest BCUT2D eigenvalue weighted by molar-refractivity contribution is 0.464. The van der Waals surface area contributed by atoms with E-state index in [1.165, 1.54) is 0 Å². The predicted molar refractivity (Wildman–Crippen MR) is 73.2 cm³/mol. The summed E-state index contributed by atoms with van der Waals surface area (Å²) in [5, 5.41) is 0. The maximum absolute atomic E-state index is 12.2. The van der Waals surface area contributed by atoms with Crippen LogP contribution in [0.5, 0.6) is 0 Å². The number of rotatable bonds is 4. The molecule has 1 fully saturated rings. The Balaban J connectivity index is 2.01. The van der Waals surface area contributed by atoms with Gasteiger partial charge in [-0.15, -0.1) is 0 Å². The van der Waals surface area contributed by atoms with E-state index in [2.05, 4.69) is 0 Å². The van der Waals surface area contributed by atoms with Crippen LogP contribution in [0.2, 0.25) is 0 Å². The molecule has 2 rings (SSSR count). The van der Waals surface area contributed by atoms with Crippen molar-refractivity contribution >= 4 is 9.84 Å². The van der Waals surface area contributed by atoms with E-state index in [1.807, 2.05) is 19.1 Å². The molecular formula is C14H21NO2S. The number of sulfone groups is 1. The molecule has 100 valence electrons. The highest BCUT2D eigenvalue weighted by Gasteiger charge is 2.26. The van der Waals surface area contributed by atoms with Gasteiger partial charge in [0.2, 0.25) is 0 Å². The number of nitrogens with two attached hydrogens (primary N) is 1. The number of aryl methyl sites for hydroxylation is 1. The highest BCUT2D eigenvalue weighted by molar-refractivity contribution is 7.91. The zero-order chi connectivity index (χ0) is 13.2. The highest BCUT2D eigenvalue weighted by Crippen LogP contribution is 2.28. The van der Waals surface area contributed by atoms with E-state index < -0.39 is 9.84 Å². The first-order valence-electron chi connectivity index (χ1n) is 6.54. The topological polar surface area (TPSA) is 60.2 Å². The molecule has 0 aliphatic heterocycles. The van der Waals surface area contributed by atoms with Gasteiger partial charge in [0.1, 0.15) is 0 Å². The summed E-state index contributed by atoms with van der Waals surface area (Å²) >= 11 is 0. The second kappa shape index (κ2) is 5.41. The summed E-state index contributed by atoms with van der Waals surface area (Å²) < 4.78 is 24.3. The molecule has 0 heterocycles. The fourth-order valence-corrected chi connectivity index (χ4v) is 3.99. The third-order valence-corrected chi connectivity index (χ3v) is 5.62. The third-order valence-electron chi connectivity index (χ3n) is 3.86. The van der Waals surface area contributed by atoms with Crippen LogP contribution < -0.4 is 5.73 Å². The summed E-state index contributed by atoms with van der Waals surface area (Å²) in [5.74, 6) is 0.597. The van der Waals surface area contributed by atoms with Gasteiger partial charge in [-0.25, -0.2) is 8.42 Å². The largest absolute Gasteiger partial charge is 0.327 e. The van der Waals surface area contributed by atoms with Crippen LogP contribution in [-0.4, -0.2) is 20.2 Å². The quantitative estimate of drug-likeness (QED) is 0.910. The molecule has 1 aliphatic carbocycles. The molecule has 0 aromatic heterocycles. The van der Waals surface area contributed by atoms with E-state index >= 15 is 0 Å². The van der Waals surface area contributed by atoms with E-state index in [1.54, 1.807) is 12.1 Å². The highest BCUT2D eigenvalue weighted by atomic mass is 32.2. The molecule has 1 aliphatic rings. The van der Waals surface area contributed by atoms with Gasteiger partial charge in [-0.05, 0) is 44.2 Å². The summed E-state index contributed by atoms with van der Waals surface area (Å²) in [6, 6.07) is 7.26. The maximum atomic E-state index is 12.2. The number of hydrogen-bond donors (Lipinski definition) is 1. The monoisotopic (exact) mass is 267 g/mol. The Labute approximate surface area is 109 Å². The van der Waals surface area contributed by atoms with Gasteiger partial charge < -0.3 is 5.73 Å². The zero-order valence-electron chi connectivity index (χ0n) is 10.8. The molecule has 1 saturated carbocycles. The standard InChI is InChI=1S/C14H21NO2S/c1-11-5-7-13(8-6-11)18(16,17)10-9-12-3-2-4-14(12)15/h5-8,12,14H,2-4,9-10,15H2,1H3. The average Bonchev–Trinajstić information content (AvgIpc) is 2.73.